The minimum atomic E-state index is 0. The highest BCUT2D eigenvalue weighted by Gasteiger charge is 2.27. The van der Waals surface area contributed by atoms with E-state index in [-0.39, 0.29) is 18.3 Å². The molecular weight excluding hydrogens is 260 g/mol. The van der Waals surface area contributed by atoms with E-state index in [4.69, 9.17) is 0 Å². The number of nitrogens with zero attached hydrogens (tertiary/aromatic N) is 1. The van der Waals surface area contributed by atoms with E-state index in [1.54, 1.807) is 0 Å². The maximum Gasteiger partial charge on any atom is 0.225 e. The lowest BCUT2D eigenvalue weighted by atomic mass is 9.90. The van der Waals surface area contributed by atoms with Crippen molar-refractivity contribution >= 4 is 18.3 Å². The predicted octanol–water partition coefficient (Wildman–Crippen LogP) is 2.84. The van der Waals surface area contributed by atoms with E-state index in [1.807, 2.05) is 0 Å². The highest BCUT2D eigenvalue weighted by Crippen LogP contribution is 2.32. The molecule has 0 aromatic carbocycles. The van der Waals surface area contributed by atoms with Crippen molar-refractivity contribution in [1.29, 1.82) is 0 Å². The lowest BCUT2D eigenvalue weighted by Crippen LogP contribution is -2.38. The van der Waals surface area contributed by atoms with E-state index in [1.165, 1.54) is 25.7 Å². The first kappa shape index (κ1) is 16.8. The molecule has 112 valence electrons. The maximum absolute atomic E-state index is 12.6. The quantitative estimate of drug-likeness (QED) is 0.863. The molecule has 3 nitrogen and oxygen atoms in total. The lowest BCUT2D eigenvalue weighted by molar-refractivity contribution is -0.136. The SMILES string of the molecule is CCC(CC1CCCC1)C(=O)N1CCCNCC1.Cl. The summed E-state index contributed by atoms with van der Waals surface area (Å²) in [7, 11) is 0. The molecule has 0 bridgehead atoms. The Labute approximate surface area is 123 Å². The van der Waals surface area contributed by atoms with Crippen LogP contribution in [0.5, 0.6) is 0 Å². The fourth-order valence-electron chi connectivity index (χ4n) is 3.41. The first-order chi connectivity index (χ1) is 8.81. The van der Waals surface area contributed by atoms with E-state index >= 15 is 0 Å². The van der Waals surface area contributed by atoms with E-state index in [0.29, 0.717) is 5.91 Å². The first-order valence-electron chi connectivity index (χ1n) is 7.80. The van der Waals surface area contributed by atoms with E-state index < -0.39 is 0 Å². The summed E-state index contributed by atoms with van der Waals surface area (Å²) in [5.41, 5.74) is 0. The molecule has 1 saturated heterocycles. The van der Waals surface area contributed by atoms with Crippen molar-refractivity contribution in [3.63, 3.8) is 0 Å². The van der Waals surface area contributed by atoms with Gasteiger partial charge in [0.05, 0.1) is 0 Å². The summed E-state index contributed by atoms with van der Waals surface area (Å²) in [5.74, 6) is 1.53. The number of amides is 1. The van der Waals surface area contributed by atoms with Crippen LogP contribution in [0.15, 0.2) is 0 Å². The van der Waals surface area contributed by atoms with Crippen molar-refractivity contribution in [2.75, 3.05) is 26.2 Å². The molecule has 1 heterocycles. The molecule has 2 fully saturated rings. The maximum atomic E-state index is 12.6. The molecule has 0 radical (unpaired) electrons. The van der Waals surface area contributed by atoms with Crippen LogP contribution in [0.25, 0.3) is 0 Å². The summed E-state index contributed by atoms with van der Waals surface area (Å²) in [4.78, 5) is 14.7. The Kier molecular flexibility index (Phi) is 7.77. The fourth-order valence-corrected chi connectivity index (χ4v) is 3.41. The van der Waals surface area contributed by atoms with Gasteiger partial charge in [-0.15, -0.1) is 12.4 Å². The summed E-state index contributed by atoms with van der Waals surface area (Å²) in [6, 6.07) is 0. The zero-order valence-corrected chi connectivity index (χ0v) is 13.0. The number of nitrogens with one attached hydrogen (secondary N) is 1. The molecule has 1 saturated carbocycles. The van der Waals surface area contributed by atoms with Crippen LogP contribution in [0.1, 0.15) is 51.9 Å². The highest BCUT2D eigenvalue weighted by molar-refractivity contribution is 5.85. The Hall–Kier alpha value is -0.280. The minimum absolute atomic E-state index is 0. The number of rotatable bonds is 4. The Bertz CT molecular complexity index is 259. The van der Waals surface area contributed by atoms with Crippen molar-refractivity contribution in [2.45, 2.75) is 51.9 Å². The van der Waals surface area contributed by atoms with Crippen molar-refractivity contribution in [3.05, 3.63) is 0 Å². The molecule has 4 heteroatoms. The third-order valence-corrected chi connectivity index (χ3v) is 4.59. The standard InChI is InChI=1S/C15H28N2O.ClH/c1-2-14(12-13-6-3-4-7-13)15(18)17-10-5-8-16-9-11-17;/h13-14,16H,2-12H2,1H3;1H. The average molecular weight is 289 g/mol. The second kappa shape index (κ2) is 8.80. The molecule has 0 aromatic rings. The topological polar surface area (TPSA) is 32.3 Å². The fraction of sp³-hybridized carbons (Fsp3) is 0.933. The third-order valence-electron chi connectivity index (χ3n) is 4.59. The Balaban J connectivity index is 0.00000180. The van der Waals surface area contributed by atoms with Gasteiger partial charge < -0.3 is 10.2 Å². The van der Waals surface area contributed by atoms with E-state index in [0.717, 1.165) is 51.4 Å². The molecule has 1 amide bonds. The number of hydrogen-bond acceptors (Lipinski definition) is 2. The molecule has 1 aliphatic carbocycles. The minimum Gasteiger partial charge on any atom is -0.341 e. The van der Waals surface area contributed by atoms with Crippen LogP contribution in [-0.4, -0.2) is 37.0 Å². The molecule has 0 aromatic heterocycles. The summed E-state index contributed by atoms with van der Waals surface area (Å²) in [5, 5.41) is 3.37. The van der Waals surface area contributed by atoms with Gasteiger partial charge in [0, 0.05) is 25.6 Å². The smallest absolute Gasteiger partial charge is 0.225 e. The van der Waals surface area contributed by atoms with Crippen LogP contribution in [0.3, 0.4) is 0 Å². The van der Waals surface area contributed by atoms with Crippen molar-refractivity contribution in [3.8, 4) is 0 Å². The predicted molar refractivity (Wildman–Crippen MR) is 81.7 cm³/mol. The van der Waals surface area contributed by atoms with Gasteiger partial charge in [-0.3, -0.25) is 4.79 Å². The molecule has 2 aliphatic rings. The molecular formula is C15H29ClN2O. The second-order valence-electron chi connectivity index (χ2n) is 5.92. The van der Waals surface area contributed by atoms with Crippen LogP contribution in [0, 0.1) is 11.8 Å². The second-order valence-corrected chi connectivity index (χ2v) is 5.92. The lowest BCUT2D eigenvalue weighted by Gasteiger charge is -2.26. The summed E-state index contributed by atoms with van der Waals surface area (Å²) in [6.07, 6.45) is 8.71. The molecule has 0 spiro atoms. The molecule has 1 N–H and O–H groups in total. The van der Waals surface area contributed by atoms with Crippen LogP contribution in [-0.2, 0) is 4.79 Å². The summed E-state index contributed by atoms with van der Waals surface area (Å²) >= 11 is 0. The van der Waals surface area contributed by atoms with Gasteiger partial charge in [0.25, 0.3) is 0 Å². The number of hydrogen-bond donors (Lipinski definition) is 1. The van der Waals surface area contributed by atoms with Gasteiger partial charge in [-0.2, -0.15) is 0 Å². The number of carbonyl (C=O) groups excluding carboxylic acids is 1. The van der Waals surface area contributed by atoms with Crippen LogP contribution in [0.4, 0.5) is 0 Å². The van der Waals surface area contributed by atoms with E-state index in [2.05, 4.69) is 17.1 Å². The summed E-state index contributed by atoms with van der Waals surface area (Å²) in [6.45, 7) is 6.05. The monoisotopic (exact) mass is 288 g/mol. The van der Waals surface area contributed by atoms with Gasteiger partial charge in [-0.05, 0) is 31.7 Å². The average Bonchev–Trinajstić information content (AvgIpc) is 2.75. The van der Waals surface area contributed by atoms with Gasteiger partial charge >= 0.3 is 0 Å². The molecule has 2 rings (SSSR count). The highest BCUT2D eigenvalue weighted by atomic mass is 35.5. The molecule has 19 heavy (non-hydrogen) atoms. The van der Waals surface area contributed by atoms with E-state index in [9.17, 15) is 4.79 Å². The first-order valence-corrected chi connectivity index (χ1v) is 7.80. The van der Waals surface area contributed by atoms with Crippen molar-refractivity contribution in [2.24, 2.45) is 11.8 Å². The molecule has 1 aliphatic heterocycles. The zero-order valence-electron chi connectivity index (χ0n) is 12.2. The van der Waals surface area contributed by atoms with Crippen LogP contribution >= 0.6 is 12.4 Å². The number of halogens is 1. The summed E-state index contributed by atoms with van der Waals surface area (Å²) < 4.78 is 0. The van der Waals surface area contributed by atoms with Crippen molar-refractivity contribution in [1.82, 2.24) is 10.2 Å². The Morgan fingerprint density at radius 1 is 1.21 bits per heavy atom. The van der Waals surface area contributed by atoms with Gasteiger partial charge in [0.15, 0.2) is 0 Å². The van der Waals surface area contributed by atoms with Crippen molar-refractivity contribution < 1.29 is 4.79 Å². The number of carbonyl (C=O) groups is 1. The van der Waals surface area contributed by atoms with Gasteiger partial charge in [-0.1, -0.05) is 32.6 Å². The largest absolute Gasteiger partial charge is 0.341 e. The third kappa shape index (κ3) is 4.96. The molecule has 1 unspecified atom stereocenters. The molecule has 1 atom stereocenters. The van der Waals surface area contributed by atoms with Gasteiger partial charge in [0.2, 0.25) is 5.91 Å². The van der Waals surface area contributed by atoms with Crippen LogP contribution < -0.4 is 5.32 Å². The zero-order chi connectivity index (χ0) is 12.8. The van der Waals surface area contributed by atoms with Crippen LogP contribution in [0.2, 0.25) is 0 Å². The van der Waals surface area contributed by atoms with Gasteiger partial charge in [0.1, 0.15) is 0 Å². The van der Waals surface area contributed by atoms with Gasteiger partial charge in [-0.25, -0.2) is 0 Å². The normalized spacial score (nSPS) is 22.7. The Morgan fingerprint density at radius 3 is 2.63 bits per heavy atom. The Morgan fingerprint density at radius 2 is 1.95 bits per heavy atom.